The third-order valence-electron chi connectivity index (χ3n) is 2.54. The van der Waals surface area contributed by atoms with Crippen molar-refractivity contribution in [2.75, 3.05) is 13.1 Å². The SMILES string of the molecule is NC(=S)c1ncccc1S(=O)(=O)N1CC(=O)NC(=O)C1. The molecule has 20 heavy (non-hydrogen) atoms. The fourth-order valence-corrected chi connectivity index (χ4v) is 3.44. The molecule has 0 saturated carbocycles. The van der Waals surface area contributed by atoms with Gasteiger partial charge in [0.25, 0.3) is 0 Å². The van der Waals surface area contributed by atoms with Crippen LogP contribution in [0.5, 0.6) is 0 Å². The van der Waals surface area contributed by atoms with Crippen molar-refractivity contribution in [3.8, 4) is 0 Å². The fourth-order valence-electron chi connectivity index (χ4n) is 1.70. The van der Waals surface area contributed by atoms with Crippen LogP contribution in [0.3, 0.4) is 0 Å². The summed E-state index contributed by atoms with van der Waals surface area (Å²) in [6.45, 7) is -0.889. The van der Waals surface area contributed by atoms with Crippen molar-refractivity contribution in [2.24, 2.45) is 5.73 Å². The van der Waals surface area contributed by atoms with Gasteiger partial charge in [0.15, 0.2) is 0 Å². The number of sulfonamides is 1. The molecule has 0 bridgehead atoms. The van der Waals surface area contributed by atoms with Crippen LogP contribution in [0, 0.1) is 0 Å². The Morgan fingerprint density at radius 1 is 1.35 bits per heavy atom. The van der Waals surface area contributed by atoms with E-state index in [0.717, 1.165) is 4.31 Å². The molecule has 1 aliphatic rings. The number of aromatic nitrogens is 1. The number of carbonyl (C=O) groups is 2. The minimum atomic E-state index is -4.08. The van der Waals surface area contributed by atoms with Gasteiger partial charge in [-0.3, -0.25) is 19.9 Å². The molecule has 3 N–H and O–H groups in total. The van der Waals surface area contributed by atoms with Gasteiger partial charge in [0.05, 0.1) is 13.1 Å². The second kappa shape index (κ2) is 5.23. The van der Waals surface area contributed by atoms with Gasteiger partial charge in [0.1, 0.15) is 15.6 Å². The number of rotatable bonds is 3. The van der Waals surface area contributed by atoms with Crippen molar-refractivity contribution < 1.29 is 18.0 Å². The zero-order chi connectivity index (χ0) is 14.9. The lowest BCUT2D eigenvalue weighted by molar-refractivity contribution is -0.134. The Kier molecular flexibility index (Phi) is 3.79. The molecule has 8 nitrogen and oxygen atoms in total. The number of nitrogens with two attached hydrogens (primary N) is 1. The lowest BCUT2D eigenvalue weighted by atomic mass is 10.3. The van der Waals surface area contributed by atoms with Gasteiger partial charge in [0.2, 0.25) is 21.8 Å². The van der Waals surface area contributed by atoms with Crippen LogP contribution in [-0.4, -0.2) is 47.6 Å². The predicted octanol–water partition coefficient (Wildman–Crippen LogP) is -1.64. The van der Waals surface area contributed by atoms with Gasteiger partial charge in [-0.25, -0.2) is 8.42 Å². The minimum absolute atomic E-state index is 0.0686. The molecular weight excluding hydrogens is 304 g/mol. The number of pyridine rings is 1. The van der Waals surface area contributed by atoms with E-state index in [1.165, 1.54) is 18.3 Å². The highest BCUT2D eigenvalue weighted by Crippen LogP contribution is 2.19. The first-order chi connectivity index (χ1) is 9.32. The highest BCUT2D eigenvalue weighted by molar-refractivity contribution is 7.89. The Morgan fingerprint density at radius 2 is 1.95 bits per heavy atom. The monoisotopic (exact) mass is 314 g/mol. The number of carbonyl (C=O) groups excluding carboxylic acids is 2. The summed E-state index contributed by atoms with van der Waals surface area (Å²) in [5.74, 6) is -1.38. The van der Waals surface area contributed by atoms with Gasteiger partial charge in [0, 0.05) is 6.20 Å². The van der Waals surface area contributed by atoms with E-state index < -0.39 is 34.9 Å². The molecule has 10 heteroatoms. The van der Waals surface area contributed by atoms with E-state index in [1.54, 1.807) is 0 Å². The molecule has 2 heterocycles. The molecule has 1 aliphatic heterocycles. The second-order valence-electron chi connectivity index (χ2n) is 3.96. The Labute approximate surface area is 120 Å². The predicted molar refractivity (Wildman–Crippen MR) is 72.0 cm³/mol. The summed E-state index contributed by atoms with van der Waals surface area (Å²) in [6.07, 6.45) is 1.35. The molecule has 2 rings (SSSR count). The molecule has 0 spiro atoms. The zero-order valence-electron chi connectivity index (χ0n) is 10.1. The molecule has 106 valence electrons. The number of imide groups is 1. The maximum atomic E-state index is 12.4. The Morgan fingerprint density at radius 3 is 2.50 bits per heavy atom. The van der Waals surface area contributed by atoms with Crippen LogP contribution in [-0.2, 0) is 19.6 Å². The Bertz CT molecular complexity index is 685. The van der Waals surface area contributed by atoms with Crippen molar-refractivity contribution in [3.63, 3.8) is 0 Å². The number of nitrogens with zero attached hydrogens (tertiary/aromatic N) is 2. The van der Waals surface area contributed by atoms with Crippen LogP contribution in [0.4, 0.5) is 0 Å². The van der Waals surface area contributed by atoms with Gasteiger partial charge < -0.3 is 5.73 Å². The lowest BCUT2D eigenvalue weighted by Gasteiger charge is -2.25. The summed E-state index contributed by atoms with van der Waals surface area (Å²) in [7, 11) is -4.08. The van der Waals surface area contributed by atoms with E-state index in [4.69, 9.17) is 18.0 Å². The van der Waals surface area contributed by atoms with E-state index in [9.17, 15) is 18.0 Å². The maximum Gasteiger partial charge on any atom is 0.246 e. The first kappa shape index (κ1) is 14.5. The van der Waals surface area contributed by atoms with E-state index in [-0.39, 0.29) is 15.6 Å². The smallest absolute Gasteiger partial charge is 0.246 e. The molecule has 1 aromatic heterocycles. The highest BCUT2D eigenvalue weighted by atomic mass is 32.2. The highest BCUT2D eigenvalue weighted by Gasteiger charge is 2.34. The van der Waals surface area contributed by atoms with Crippen LogP contribution in [0.25, 0.3) is 0 Å². The third-order valence-corrected chi connectivity index (χ3v) is 4.56. The number of hydrogen-bond acceptors (Lipinski definition) is 6. The standard InChI is InChI=1S/C10H10N4O4S2/c11-10(19)9-6(2-1-3-12-9)20(17,18)14-4-7(15)13-8(16)5-14/h1-3H,4-5H2,(H2,11,19)(H,13,15,16). The first-order valence-electron chi connectivity index (χ1n) is 5.40. The average Bonchev–Trinajstić information content (AvgIpc) is 2.37. The molecule has 1 fully saturated rings. The van der Waals surface area contributed by atoms with E-state index in [2.05, 4.69) is 4.98 Å². The second-order valence-corrected chi connectivity index (χ2v) is 6.31. The van der Waals surface area contributed by atoms with Gasteiger partial charge in [-0.05, 0) is 12.1 Å². The summed E-state index contributed by atoms with van der Waals surface area (Å²) < 4.78 is 25.6. The molecule has 2 amide bonds. The van der Waals surface area contributed by atoms with E-state index in [0.29, 0.717) is 0 Å². The quantitative estimate of drug-likeness (QED) is 0.507. The third kappa shape index (κ3) is 2.66. The topological polar surface area (TPSA) is 122 Å². The van der Waals surface area contributed by atoms with Crippen molar-refractivity contribution >= 4 is 39.0 Å². The van der Waals surface area contributed by atoms with Crippen molar-refractivity contribution in [1.82, 2.24) is 14.6 Å². The Balaban J connectivity index is 2.48. The minimum Gasteiger partial charge on any atom is -0.388 e. The lowest BCUT2D eigenvalue weighted by Crippen LogP contribution is -2.53. The van der Waals surface area contributed by atoms with Crippen LogP contribution >= 0.6 is 12.2 Å². The number of hydrogen-bond donors (Lipinski definition) is 2. The van der Waals surface area contributed by atoms with Crippen LogP contribution < -0.4 is 11.1 Å². The summed E-state index contributed by atoms with van der Waals surface area (Å²) in [4.78, 5) is 26.0. The summed E-state index contributed by atoms with van der Waals surface area (Å²) >= 11 is 4.75. The molecular formula is C10H10N4O4S2. The van der Waals surface area contributed by atoms with Crippen LogP contribution in [0.15, 0.2) is 23.2 Å². The Hall–Kier alpha value is -1.91. The normalized spacial score (nSPS) is 16.8. The molecule has 0 aliphatic carbocycles. The van der Waals surface area contributed by atoms with Crippen molar-refractivity contribution in [2.45, 2.75) is 4.90 Å². The molecule has 0 atom stereocenters. The molecule has 0 unspecified atom stereocenters. The van der Waals surface area contributed by atoms with Crippen molar-refractivity contribution in [1.29, 1.82) is 0 Å². The molecule has 0 aromatic carbocycles. The van der Waals surface area contributed by atoms with Gasteiger partial charge in [-0.15, -0.1) is 0 Å². The largest absolute Gasteiger partial charge is 0.388 e. The zero-order valence-corrected chi connectivity index (χ0v) is 11.7. The number of thiocarbonyl (C=S) groups is 1. The summed E-state index contributed by atoms with van der Waals surface area (Å²) in [5.41, 5.74) is 5.37. The fraction of sp³-hybridized carbons (Fsp3) is 0.200. The van der Waals surface area contributed by atoms with Crippen LogP contribution in [0.2, 0.25) is 0 Å². The van der Waals surface area contributed by atoms with Gasteiger partial charge in [-0.1, -0.05) is 12.2 Å². The van der Waals surface area contributed by atoms with Crippen LogP contribution in [0.1, 0.15) is 5.69 Å². The molecule has 1 saturated heterocycles. The summed E-state index contributed by atoms with van der Waals surface area (Å²) in [5, 5.41) is 2.02. The number of amides is 2. The summed E-state index contributed by atoms with van der Waals surface area (Å²) in [6, 6.07) is 2.67. The number of piperazine rings is 1. The van der Waals surface area contributed by atoms with E-state index in [1.807, 2.05) is 5.32 Å². The average molecular weight is 314 g/mol. The van der Waals surface area contributed by atoms with E-state index >= 15 is 0 Å². The molecule has 0 radical (unpaired) electrons. The maximum absolute atomic E-state index is 12.4. The van der Waals surface area contributed by atoms with Gasteiger partial charge >= 0.3 is 0 Å². The first-order valence-corrected chi connectivity index (χ1v) is 7.25. The number of nitrogens with one attached hydrogen (secondary N) is 1. The molecule has 1 aromatic rings. The van der Waals surface area contributed by atoms with Gasteiger partial charge in [-0.2, -0.15) is 4.31 Å². The van der Waals surface area contributed by atoms with Crippen molar-refractivity contribution in [3.05, 3.63) is 24.0 Å².